The second-order valence-electron chi connectivity index (χ2n) is 4.88. The van der Waals surface area contributed by atoms with Gasteiger partial charge in [0.1, 0.15) is 0 Å². The summed E-state index contributed by atoms with van der Waals surface area (Å²) in [6.45, 7) is 1.85. The van der Waals surface area contributed by atoms with Crippen molar-refractivity contribution in [2.75, 3.05) is 13.2 Å². The SMILES string of the molecule is Cc1ccc(Sc2cccc(C(=O)NCCO)c2C(=O)O)cc1. The number of nitrogens with one attached hydrogen (secondary N) is 1. The summed E-state index contributed by atoms with van der Waals surface area (Å²) in [5.41, 5.74) is 1.17. The minimum Gasteiger partial charge on any atom is -0.478 e. The van der Waals surface area contributed by atoms with Gasteiger partial charge in [-0.3, -0.25) is 4.79 Å². The van der Waals surface area contributed by atoms with Gasteiger partial charge in [0.2, 0.25) is 0 Å². The number of rotatable bonds is 6. The molecule has 120 valence electrons. The zero-order chi connectivity index (χ0) is 16.8. The van der Waals surface area contributed by atoms with Gasteiger partial charge in [-0.05, 0) is 31.2 Å². The molecule has 0 aromatic heterocycles. The van der Waals surface area contributed by atoms with Crippen molar-refractivity contribution in [3.05, 3.63) is 59.2 Å². The van der Waals surface area contributed by atoms with E-state index in [-0.39, 0.29) is 24.3 Å². The highest BCUT2D eigenvalue weighted by atomic mass is 32.2. The lowest BCUT2D eigenvalue weighted by Crippen LogP contribution is -2.28. The maximum absolute atomic E-state index is 12.1. The van der Waals surface area contributed by atoms with Gasteiger partial charge in [-0.25, -0.2) is 4.79 Å². The number of benzene rings is 2. The van der Waals surface area contributed by atoms with Crippen LogP contribution in [0, 0.1) is 6.92 Å². The van der Waals surface area contributed by atoms with Crippen molar-refractivity contribution in [3.8, 4) is 0 Å². The second kappa shape index (κ2) is 7.80. The van der Waals surface area contributed by atoms with Crippen LogP contribution in [-0.2, 0) is 0 Å². The molecule has 0 saturated carbocycles. The quantitative estimate of drug-likeness (QED) is 0.757. The summed E-state index contributed by atoms with van der Waals surface area (Å²) in [4.78, 5) is 25.1. The standard InChI is InChI=1S/C17H17NO4S/c1-11-5-7-12(8-6-11)23-14-4-2-3-13(15(14)17(21)22)16(20)18-9-10-19/h2-8,19H,9-10H2,1H3,(H,18,20)(H,21,22). The third-order valence-electron chi connectivity index (χ3n) is 3.13. The average molecular weight is 331 g/mol. The fourth-order valence-electron chi connectivity index (χ4n) is 2.02. The van der Waals surface area contributed by atoms with Crippen LogP contribution in [0.1, 0.15) is 26.3 Å². The Morgan fingerprint density at radius 1 is 1.13 bits per heavy atom. The first-order chi connectivity index (χ1) is 11.0. The highest BCUT2D eigenvalue weighted by Crippen LogP contribution is 2.32. The van der Waals surface area contributed by atoms with E-state index in [1.54, 1.807) is 12.1 Å². The maximum atomic E-state index is 12.1. The van der Waals surface area contributed by atoms with Crippen LogP contribution >= 0.6 is 11.8 Å². The van der Waals surface area contributed by atoms with Crippen LogP contribution in [0.25, 0.3) is 0 Å². The molecule has 0 saturated heterocycles. The number of carbonyl (C=O) groups excluding carboxylic acids is 1. The zero-order valence-corrected chi connectivity index (χ0v) is 13.4. The first-order valence-electron chi connectivity index (χ1n) is 7.03. The predicted molar refractivity (Wildman–Crippen MR) is 88.1 cm³/mol. The van der Waals surface area contributed by atoms with Crippen LogP contribution in [0.3, 0.4) is 0 Å². The first kappa shape index (κ1) is 17.1. The molecule has 0 spiro atoms. The van der Waals surface area contributed by atoms with Crippen molar-refractivity contribution < 1.29 is 19.8 Å². The number of aliphatic hydroxyl groups excluding tert-OH is 1. The number of aryl methyl sites for hydroxylation is 1. The number of hydrogen-bond acceptors (Lipinski definition) is 4. The van der Waals surface area contributed by atoms with Crippen molar-refractivity contribution in [2.24, 2.45) is 0 Å². The second-order valence-corrected chi connectivity index (χ2v) is 5.99. The van der Waals surface area contributed by atoms with Gasteiger partial charge in [0.25, 0.3) is 5.91 Å². The molecule has 0 heterocycles. The number of aromatic carboxylic acids is 1. The number of aliphatic hydroxyl groups is 1. The van der Waals surface area contributed by atoms with Crippen LogP contribution < -0.4 is 5.32 Å². The Balaban J connectivity index is 2.37. The summed E-state index contributed by atoms with van der Waals surface area (Å²) < 4.78 is 0. The van der Waals surface area contributed by atoms with E-state index in [1.807, 2.05) is 31.2 Å². The highest BCUT2D eigenvalue weighted by Gasteiger charge is 2.20. The van der Waals surface area contributed by atoms with E-state index in [4.69, 9.17) is 5.11 Å². The van der Waals surface area contributed by atoms with E-state index in [2.05, 4.69) is 5.32 Å². The van der Waals surface area contributed by atoms with Crippen molar-refractivity contribution in [3.63, 3.8) is 0 Å². The molecule has 1 amide bonds. The molecular weight excluding hydrogens is 314 g/mol. The fraction of sp³-hybridized carbons (Fsp3) is 0.176. The van der Waals surface area contributed by atoms with Crippen LogP contribution in [-0.4, -0.2) is 35.2 Å². The Morgan fingerprint density at radius 3 is 2.43 bits per heavy atom. The zero-order valence-electron chi connectivity index (χ0n) is 12.6. The van der Waals surface area contributed by atoms with E-state index in [1.165, 1.54) is 17.8 Å². The molecule has 6 heteroatoms. The van der Waals surface area contributed by atoms with Gasteiger partial charge in [0.05, 0.1) is 17.7 Å². The lowest BCUT2D eigenvalue weighted by molar-refractivity contribution is 0.0687. The van der Waals surface area contributed by atoms with Crippen LogP contribution in [0.2, 0.25) is 0 Å². The maximum Gasteiger partial charge on any atom is 0.337 e. The number of hydrogen-bond donors (Lipinski definition) is 3. The van der Waals surface area contributed by atoms with E-state index in [0.29, 0.717) is 4.90 Å². The molecule has 3 N–H and O–H groups in total. The molecule has 0 aliphatic heterocycles. The number of carboxylic acid groups (broad SMARTS) is 1. The topological polar surface area (TPSA) is 86.6 Å². The first-order valence-corrected chi connectivity index (χ1v) is 7.84. The van der Waals surface area contributed by atoms with E-state index in [9.17, 15) is 14.7 Å². The fourth-order valence-corrected chi connectivity index (χ4v) is 3.00. The predicted octanol–water partition coefficient (Wildman–Crippen LogP) is 2.57. The number of amides is 1. The molecule has 0 fully saturated rings. The van der Waals surface area contributed by atoms with E-state index in [0.717, 1.165) is 10.5 Å². The lowest BCUT2D eigenvalue weighted by Gasteiger charge is -2.11. The Hall–Kier alpha value is -2.31. The molecule has 0 unspecified atom stereocenters. The van der Waals surface area contributed by atoms with Gasteiger partial charge in [0.15, 0.2) is 0 Å². The van der Waals surface area contributed by atoms with Crippen molar-refractivity contribution in [1.29, 1.82) is 0 Å². The van der Waals surface area contributed by atoms with Crippen LogP contribution in [0.15, 0.2) is 52.3 Å². The summed E-state index contributed by atoms with van der Waals surface area (Å²) in [5.74, 6) is -1.67. The van der Waals surface area contributed by atoms with Gasteiger partial charge < -0.3 is 15.5 Å². The normalized spacial score (nSPS) is 10.3. The molecule has 2 rings (SSSR count). The summed E-state index contributed by atoms with van der Waals surface area (Å²) in [7, 11) is 0. The molecule has 23 heavy (non-hydrogen) atoms. The minimum absolute atomic E-state index is 0.0338. The van der Waals surface area contributed by atoms with Crippen LogP contribution in [0.4, 0.5) is 0 Å². The van der Waals surface area contributed by atoms with Gasteiger partial charge in [-0.2, -0.15) is 0 Å². The minimum atomic E-state index is -1.16. The van der Waals surface area contributed by atoms with Gasteiger partial charge in [-0.1, -0.05) is 35.5 Å². The van der Waals surface area contributed by atoms with Crippen molar-refractivity contribution >= 4 is 23.6 Å². The number of carboxylic acids is 1. The Bertz CT molecular complexity index is 713. The summed E-state index contributed by atoms with van der Waals surface area (Å²) in [6, 6.07) is 12.5. The van der Waals surface area contributed by atoms with Crippen molar-refractivity contribution in [1.82, 2.24) is 5.32 Å². The number of carbonyl (C=O) groups is 2. The molecule has 0 atom stereocenters. The summed E-state index contributed by atoms with van der Waals surface area (Å²) in [5, 5.41) is 20.8. The largest absolute Gasteiger partial charge is 0.478 e. The van der Waals surface area contributed by atoms with E-state index >= 15 is 0 Å². The Labute approximate surface area is 138 Å². The molecule has 5 nitrogen and oxygen atoms in total. The summed E-state index contributed by atoms with van der Waals surface area (Å²) in [6.07, 6.45) is 0. The van der Waals surface area contributed by atoms with Crippen molar-refractivity contribution in [2.45, 2.75) is 16.7 Å². The Kier molecular flexibility index (Phi) is 5.78. The molecule has 2 aromatic carbocycles. The van der Waals surface area contributed by atoms with Gasteiger partial charge >= 0.3 is 5.97 Å². The van der Waals surface area contributed by atoms with Gasteiger partial charge in [-0.15, -0.1) is 0 Å². The molecule has 0 radical (unpaired) electrons. The van der Waals surface area contributed by atoms with E-state index < -0.39 is 11.9 Å². The Morgan fingerprint density at radius 2 is 1.83 bits per heavy atom. The smallest absolute Gasteiger partial charge is 0.337 e. The summed E-state index contributed by atoms with van der Waals surface area (Å²) >= 11 is 1.30. The molecule has 0 aliphatic rings. The monoisotopic (exact) mass is 331 g/mol. The molecular formula is C17H17NO4S. The third-order valence-corrected chi connectivity index (χ3v) is 4.20. The molecule has 2 aromatic rings. The average Bonchev–Trinajstić information content (AvgIpc) is 2.54. The van der Waals surface area contributed by atoms with Gasteiger partial charge in [0, 0.05) is 16.3 Å². The third kappa shape index (κ3) is 4.34. The lowest BCUT2D eigenvalue weighted by atomic mass is 10.1. The molecule has 0 aliphatic carbocycles. The molecule has 0 bridgehead atoms. The highest BCUT2D eigenvalue weighted by molar-refractivity contribution is 7.99. The van der Waals surface area contributed by atoms with Crippen LogP contribution in [0.5, 0.6) is 0 Å².